The molecule has 0 atom stereocenters. The van der Waals surface area contributed by atoms with Crippen LogP contribution in [0.25, 0.3) is 0 Å². The summed E-state index contributed by atoms with van der Waals surface area (Å²) in [6.07, 6.45) is 7.60. The summed E-state index contributed by atoms with van der Waals surface area (Å²) in [6, 6.07) is 8.22. The summed E-state index contributed by atoms with van der Waals surface area (Å²) in [7, 11) is 1.97. The number of nitrogens with zero attached hydrogens (tertiary/aromatic N) is 1. The summed E-state index contributed by atoms with van der Waals surface area (Å²) in [4.78, 5) is 15.2. The Bertz CT molecular complexity index is 547. The molecule has 2 nitrogen and oxygen atoms in total. The summed E-state index contributed by atoms with van der Waals surface area (Å²) in [5.74, 6) is 2.85. The van der Waals surface area contributed by atoms with Crippen molar-refractivity contribution in [2.24, 2.45) is 23.2 Å². The molecule has 0 unspecified atom stereocenters. The maximum absolute atomic E-state index is 13.3. The number of amides is 1. The molecule has 0 radical (unpaired) electrons. The lowest BCUT2D eigenvalue weighted by atomic mass is 9.49. The van der Waals surface area contributed by atoms with Crippen LogP contribution in [0.15, 0.2) is 24.3 Å². The highest BCUT2D eigenvalue weighted by Gasteiger charge is 2.55. The third kappa shape index (κ3) is 2.23. The van der Waals surface area contributed by atoms with Gasteiger partial charge in [0.15, 0.2) is 0 Å². The Balaban J connectivity index is 1.64. The summed E-state index contributed by atoms with van der Waals surface area (Å²) < 4.78 is 1.16. The van der Waals surface area contributed by atoms with E-state index in [9.17, 15) is 4.79 Å². The molecule has 5 rings (SSSR count). The van der Waals surface area contributed by atoms with E-state index < -0.39 is 0 Å². The van der Waals surface area contributed by atoms with Crippen molar-refractivity contribution in [3.8, 4) is 0 Å². The van der Waals surface area contributed by atoms with Crippen LogP contribution >= 0.6 is 22.6 Å². The molecule has 0 saturated heterocycles. The number of benzene rings is 1. The normalized spacial score (nSPS) is 36.8. The van der Waals surface area contributed by atoms with E-state index in [0.717, 1.165) is 46.3 Å². The summed E-state index contributed by atoms with van der Waals surface area (Å²) in [5, 5.41) is 0. The molecule has 0 spiro atoms. The number of para-hydroxylation sites is 1. The average Bonchev–Trinajstić information content (AvgIpc) is 2.45. The summed E-state index contributed by atoms with van der Waals surface area (Å²) >= 11 is 2.33. The van der Waals surface area contributed by atoms with Crippen LogP contribution in [0.1, 0.15) is 38.5 Å². The van der Waals surface area contributed by atoms with E-state index in [1.54, 1.807) is 0 Å². The second kappa shape index (κ2) is 4.97. The van der Waals surface area contributed by atoms with Gasteiger partial charge in [0, 0.05) is 10.6 Å². The van der Waals surface area contributed by atoms with Crippen molar-refractivity contribution in [1.29, 1.82) is 0 Å². The number of carbonyl (C=O) groups is 1. The number of anilines is 1. The first-order chi connectivity index (χ1) is 10.1. The number of rotatable bonds is 2. The third-order valence-corrected chi connectivity index (χ3v) is 6.92. The van der Waals surface area contributed by atoms with E-state index in [4.69, 9.17) is 0 Å². The molecular weight excluding hydrogens is 373 g/mol. The molecule has 4 bridgehead atoms. The highest BCUT2D eigenvalue weighted by Crippen LogP contribution is 2.60. The molecule has 0 aliphatic heterocycles. The van der Waals surface area contributed by atoms with E-state index in [1.807, 2.05) is 24.1 Å². The van der Waals surface area contributed by atoms with Crippen LogP contribution in [-0.2, 0) is 4.79 Å². The van der Waals surface area contributed by atoms with Crippen molar-refractivity contribution < 1.29 is 4.79 Å². The second-order valence-corrected chi connectivity index (χ2v) is 8.68. The quantitative estimate of drug-likeness (QED) is 0.677. The minimum Gasteiger partial charge on any atom is -0.314 e. The van der Waals surface area contributed by atoms with Crippen molar-refractivity contribution >= 4 is 34.2 Å². The SMILES string of the molecule is CN(C(=O)C12CC3CC(CC(C3)C1)C2)c1ccccc1I. The number of hydrogen-bond acceptors (Lipinski definition) is 1. The minimum atomic E-state index is -0.0393. The number of hydrogen-bond donors (Lipinski definition) is 0. The first-order valence-corrected chi connectivity index (χ1v) is 9.18. The average molecular weight is 395 g/mol. The Hall–Kier alpha value is -0.580. The molecule has 1 aromatic carbocycles. The molecular formula is C18H22INO. The number of carbonyl (C=O) groups excluding carboxylic acids is 1. The molecule has 0 N–H and O–H groups in total. The topological polar surface area (TPSA) is 20.3 Å². The molecule has 4 aliphatic carbocycles. The molecule has 1 amide bonds. The lowest BCUT2D eigenvalue weighted by Gasteiger charge is -2.56. The Morgan fingerprint density at radius 1 is 1.10 bits per heavy atom. The van der Waals surface area contributed by atoms with Gasteiger partial charge in [-0.2, -0.15) is 0 Å². The highest BCUT2D eigenvalue weighted by molar-refractivity contribution is 14.1. The zero-order valence-electron chi connectivity index (χ0n) is 12.5. The number of halogens is 1. The first kappa shape index (κ1) is 14.0. The van der Waals surface area contributed by atoms with Gasteiger partial charge in [0.05, 0.1) is 11.1 Å². The van der Waals surface area contributed by atoms with Crippen molar-refractivity contribution in [1.82, 2.24) is 0 Å². The zero-order valence-corrected chi connectivity index (χ0v) is 14.7. The van der Waals surface area contributed by atoms with Crippen LogP contribution in [0, 0.1) is 26.7 Å². The van der Waals surface area contributed by atoms with E-state index in [-0.39, 0.29) is 5.41 Å². The van der Waals surface area contributed by atoms with Crippen molar-refractivity contribution in [3.05, 3.63) is 27.8 Å². The second-order valence-electron chi connectivity index (χ2n) is 7.51. The monoisotopic (exact) mass is 395 g/mol. The third-order valence-electron chi connectivity index (χ3n) is 6.01. The fourth-order valence-corrected chi connectivity index (χ4v) is 6.31. The first-order valence-electron chi connectivity index (χ1n) is 8.10. The smallest absolute Gasteiger partial charge is 0.233 e. The van der Waals surface area contributed by atoms with Crippen molar-refractivity contribution in [2.75, 3.05) is 11.9 Å². The van der Waals surface area contributed by atoms with Crippen molar-refractivity contribution in [3.63, 3.8) is 0 Å². The molecule has 4 saturated carbocycles. The fraction of sp³-hybridized carbons (Fsp3) is 0.611. The van der Waals surface area contributed by atoms with Gasteiger partial charge in [-0.3, -0.25) is 4.79 Å². The van der Waals surface area contributed by atoms with Gasteiger partial charge >= 0.3 is 0 Å². The van der Waals surface area contributed by atoms with E-state index in [2.05, 4.69) is 34.7 Å². The maximum Gasteiger partial charge on any atom is 0.233 e. The summed E-state index contributed by atoms with van der Waals surface area (Å²) in [6.45, 7) is 0. The van der Waals surface area contributed by atoms with E-state index >= 15 is 0 Å². The molecule has 112 valence electrons. The molecule has 3 heteroatoms. The van der Waals surface area contributed by atoms with Gasteiger partial charge in [-0.1, -0.05) is 12.1 Å². The standard InChI is InChI=1S/C18H22INO/c1-20(16-5-3-2-4-15(16)19)17(21)18-9-12-6-13(10-18)8-14(7-12)11-18/h2-5,12-14H,6-11H2,1H3. The predicted octanol–water partition coefficient (Wildman–Crippen LogP) is 4.47. The predicted molar refractivity (Wildman–Crippen MR) is 93.2 cm³/mol. The lowest BCUT2D eigenvalue weighted by molar-refractivity contribution is -0.143. The van der Waals surface area contributed by atoms with Crippen LogP contribution in [0.3, 0.4) is 0 Å². The van der Waals surface area contributed by atoms with Crippen LogP contribution < -0.4 is 4.90 Å². The maximum atomic E-state index is 13.3. The van der Waals surface area contributed by atoms with Crippen LogP contribution in [0.2, 0.25) is 0 Å². The Morgan fingerprint density at radius 3 is 2.14 bits per heavy atom. The van der Waals surface area contributed by atoms with Gasteiger partial charge in [-0.25, -0.2) is 0 Å². The molecule has 4 fully saturated rings. The fourth-order valence-electron chi connectivity index (χ4n) is 5.56. The Morgan fingerprint density at radius 2 is 1.62 bits per heavy atom. The highest BCUT2D eigenvalue weighted by atomic mass is 127. The van der Waals surface area contributed by atoms with Crippen LogP contribution in [0.4, 0.5) is 5.69 Å². The molecule has 1 aromatic rings. The van der Waals surface area contributed by atoms with Crippen LogP contribution in [0.5, 0.6) is 0 Å². The van der Waals surface area contributed by atoms with Gasteiger partial charge in [0.2, 0.25) is 5.91 Å². The minimum absolute atomic E-state index is 0.0393. The molecule has 21 heavy (non-hydrogen) atoms. The molecule has 0 heterocycles. The Labute approximate surface area is 140 Å². The lowest BCUT2D eigenvalue weighted by Crippen LogP contribution is -2.54. The summed E-state index contributed by atoms with van der Waals surface area (Å²) in [5.41, 5.74) is 1.03. The largest absolute Gasteiger partial charge is 0.314 e. The van der Waals surface area contributed by atoms with Gasteiger partial charge in [-0.15, -0.1) is 0 Å². The van der Waals surface area contributed by atoms with Gasteiger partial charge in [0.1, 0.15) is 0 Å². The zero-order chi connectivity index (χ0) is 14.6. The van der Waals surface area contributed by atoms with Gasteiger partial charge in [0.25, 0.3) is 0 Å². The Kier molecular flexibility index (Phi) is 3.32. The van der Waals surface area contributed by atoms with Crippen molar-refractivity contribution in [2.45, 2.75) is 38.5 Å². The van der Waals surface area contributed by atoms with Gasteiger partial charge < -0.3 is 4.90 Å². The molecule has 0 aromatic heterocycles. The molecule has 4 aliphatic rings. The van der Waals surface area contributed by atoms with E-state index in [1.165, 1.54) is 19.3 Å². The van der Waals surface area contributed by atoms with Crippen LogP contribution in [-0.4, -0.2) is 13.0 Å². The van der Waals surface area contributed by atoms with Gasteiger partial charge in [-0.05, 0) is 91.0 Å². The van der Waals surface area contributed by atoms with E-state index in [0.29, 0.717) is 5.91 Å².